The Hall–Kier alpha value is -3.46. The first-order valence-corrected chi connectivity index (χ1v) is 18.7. The van der Waals surface area contributed by atoms with E-state index in [0.29, 0.717) is 42.1 Å². The van der Waals surface area contributed by atoms with Crippen molar-refractivity contribution < 1.29 is 22.4 Å². The van der Waals surface area contributed by atoms with Crippen LogP contribution in [0.1, 0.15) is 27.4 Å². The van der Waals surface area contributed by atoms with Crippen LogP contribution in [0.5, 0.6) is 0 Å². The molecule has 1 amide bonds. The molecule has 0 saturated heterocycles. The second-order valence-corrected chi connectivity index (χ2v) is 19.0. The summed E-state index contributed by atoms with van der Waals surface area (Å²) >= 11 is 0. The highest BCUT2D eigenvalue weighted by molar-refractivity contribution is 7.89. The molecule has 14 heteroatoms. The van der Waals surface area contributed by atoms with Gasteiger partial charge in [-0.25, -0.2) is 17.8 Å². The number of oxazole rings is 1. The third-order valence-electron chi connectivity index (χ3n) is 7.48. The zero-order valence-corrected chi connectivity index (χ0v) is 25.8. The molecule has 0 fully saturated rings. The van der Waals surface area contributed by atoms with Crippen molar-refractivity contribution in [2.24, 2.45) is 7.05 Å². The van der Waals surface area contributed by atoms with Gasteiger partial charge in [0.1, 0.15) is 17.3 Å². The van der Waals surface area contributed by atoms with Crippen LogP contribution in [-0.2, 0) is 48.2 Å². The summed E-state index contributed by atoms with van der Waals surface area (Å²) in [4.78, 5) is 25.9. The van der Waals surface area contributed by atoms with Crippen molar-refractivity contribution in [1.29, 1.82) is 0 Å². The Kier molecular flexibility index (Phi) is 7.85. The normalized spacial score (nSPS) is 14.5. The number of nitrogens with one attached hydrogen (secondary N) is 1. The fourth-order valence-corrected chi connectivity index (χ4v) is 7.29. The fourth-order valence-electron chi connectivity index (χ4n) is 4.86. The minimum absolute atomic E-state index is 0.0854. The second-order valence-electron chi connectivity index (χ2n) is 11.5. The highest BCUT2D eigenvalue weighted by Crippen LogP contribution is 2.26. The molecule has 0 radical (unpaired) electrons. The molecule has 0 spiro atoms. The summed E-state index contributed by atoms with van der Waals surface area (Å²) in [6.07, 6.45) is 1.66. The molecule has 0 saturated carbocycles. The van der Waals surface area contributed by atoms with E-state index >= 15 is 0 Å². The number of amides is 1. The lowest BCUT2D eigenvalue weighted by Gasteiger charge is -2.26. The summed E-state index contributed by atoms with van der Waals surface area (Å²) in [7, 11) is -3.43. The number of hydrogen-bond donors (Lipinski definition) is 1. The van der Waals surface area contributed by atoms with Crippen molar-refractivity contribution in [1.82, 2.24) is 28.5 Å². The molecule has 1 aromatic carbocycles. The van der Waals surface area contributed by atoms with Gasteiger partial charge in [-0.2, -0.15) is 9.40 Å². The zero-order chi connectivity index (χ0) is 29.5. The van der Waals surface area contributed by atoms with Gasteiger partial charge in [-0.05, 0) is 31.2 Å². The van der Waals surface area contributed by atoms with Gasteiger partial charge >= 0.3 is 5.76 Å². The Morgan fingerprint density at radius 3 is 2.73 bits per heavy atom. The number of para-hydroxylation sites is 1. The van der Waals surface area contributed by atoms with Crippen LogP contribution in [0, 0.1) is 6.92 Å². The molecule has 41 heavy (non-hydrogen) atoms. The first kappa shape index (κ1) is 29.0. The van der Waals surface area contributed by atoms with Crippen LogP contribution in [0.3, 0.4) is 0 Å². The average molecular weight is 601 g/mol. The van der Waals surface area contributed by atoms with Gasteiger partial charge in [0.2, 0.25) is 10.0 Å². The van der Waals surface area contributed by atoms with E-state index in [1.807, 2.05) is 0 Å². The lowest BCUT2D eigenvalue weighted by molar-refractivity contribution is 0.0850. The SMILES string of the molecule is Cc1c(S(=O)(=O)N2CCn3nccc3C2)cc(C(=O)NCc2cccc3c2oc(=O)n3COCC[Si](C)(C)C)n1C. The third kappa shape index (κ3) is 5.82. The maximum absolute atomic E-state index is 13.5. The fraction of sp³-hybridized carbons (Fsp3) is 0.444. The van der Waals surface area contributed by atoms with Crippen LogP contribution in [0.2, 0.25) is 25.7 Å². The Morgan fingerprint density at radius 2 is 1.98 bits per heavy atom. The van der Waals surface area contributed by atoms with Gasteiger partial charge < -0.3 is 19.0 Å². The Balaban J connectivity index is 1.30. The summed E-state index contributed by atoms with van der Waals surface area (Å²) < 4.78 is 44.6. The summed E-state index contributed by atoms with van der Waals surface area (Å²) in [5, 5.41) is 7.06. The second kappa shape index (κ2) is 11.1. The highest BCUT2D eigenvalue weighted by atomic mass is 32.2. The number of carbonyl (C=O) groups is 1. The Labute approximate surface area is 239 Å². The van der Waals surface area contributed by atoms with E-state index in [1.165, 1.54) is 14.9 Å². The molecular weight excluding hydrogens is 564 g/mol. The Morgan fingerprint density at radius 1 is 1.20 bits per heavy atom. The molecule has 0 bridgehead atoms. The van der Waals surface area contributed by atoms with Crippen molar-refractivity contribution in [3.63, 3.8) is 0 Å². The minimum Gasteiger partial charge on any atom is -0.407 e. The maximum atomic E-state index is 13.5. The molecule has 12 nitrogen and oxygen atoms in total. The van der Waals surface area contributed by atoms with Crippen LogP contribution < -0.4 is 11.1 Å². The van der Waals surface area contributed by atoms with Gasteiger partial charge in [-0.15, -0.1) is 0 Å². The van der Waals surface area contributed by atoms with Crippen molar-refractivity contribution in [3.05, 3.63) is 69.7 Å². The number of carbonyl (C=O) groups excluding carboxylic acids is 1. The van der Waals surface area contributed by atoms with E-state index < -0.39 is 29.8 Å². The molecule has 220 valence electrons. The Bertz CT molecular complexity index is 1760. The molecule has 4 heterocycles. The number of benzene rings is 1. The average Bonchev–Trinajstić information content (AvgIpc) is 3.60. The minimum atomic E-state index is -3.84. The van der Waals surface area contributed by atoms with Crippen LogP contribution in [0.4, 0.5) is 0 Å². The van der Waals surface area contributed by atoms with Gasteiger partial charge in [0.25, 0.3) is 5.91 Å². The summed E-state index contributed by atoms with van der Waals surface area (Å²) in [5.41, 5.74) is 3.08. The van der Waals surface area contributed by atoms with E-state index in [0.717, 1.165) is 11.7 Å². The topological polar surface area (TPSA) is 134 Å². The summed E-state index contributed by atoms with van der Waals surface area (Å²) in [6, 6.07) is 9.55. The number of sulfonamides is 1. The number of hydrogen-bond acceptors (Lipinski definition) is 7. The van der Waals surface area contributed by atoms with Gasteiger partial charge in [0.05, 0.1) is 24.3 Å². The van der Waals surface area contributed by atoms with Crippen molar-refractivity contribution >= 4 is 35.1 Å². The quantitative estimate of drug-likeness (QED) is 0.219. The van der Waals surface area contributed by atoms with Crippen LogP contribution in [0.15, 0.2) is 50.6 Å². The molecule has 1 aliphatic heterocycles. The number of aromatic nitrogens is 4. The molecule has 0 unspecified atom stereocenters. The van der Waals surface area contributed by atoms with Crippen molar-refractivity contribution in [3.8, 4) is 0 Å². The van der Waals surface area contributed by atoms with E-state index in [2.05, 4.69) is 30.1 Å². The van der Waals surface area contributed by atoms with Crippen LogP contribution in [0.25, 0.3) is 11.1 Å². The predicted octanol–water partition coefficient (Wildman–Crippen LogP) is 2.88. The predicted molar refractivity (Wildman–Crippen MR) is 156 cm³/mol. The van der Waals surface area contributed by atoms with E-state index in [-0.39, 0.29) is 30.4 Å². The first-order valence-electron chi connectivity index (χ1n) is 13.5. The van der Waals surface area contributed by atoms with Gasteiger partial charge in [0, 0.05) is 52.3 Å². The number of fused-ring (bicyclic) bond motifs is 2. The van der Waals surface area contributed by atoms with E-state index in [4.69, 9.17) is 9.15 Å². The first-order chi connectivity index (χ1) is 19.4. The smallest absolute Gasteiger partial charge is 0.407 e. The number of ether oxygens (including phenoxy) is 1. The molecule has 3 aromatic heterocycles. The molecule has 4 aromatic rings. The monoisotopic (exact) mass is 600 g/mol. The standard InChI is InChI=1S/C27H36N6O6SSi/c1-19-24(40(36,37)31-11-12-33-21(17-31)9-10-29-33)15-23(30(19)2)26(34)28-16-20-7-6-8-22-25(20)39-27(35)32(22)18-38-13-14-41(3,4)5/h6-10,15H,11-14,16-18H2,1-5H3,(H,28,34). The van der Waals surface area contributed by atoms with Crippen LogP contribution >= 0.6 is 0 Å². The maximum Gasteiger partial charge on any atom is 0.421 e. The van der Waals surface area contributed by atoms with Gasteiger partial charge in [0.15, 0.2) is 5.58 Å². The molecular formula is C27H36N6O6SSi. The lowest BCUT2D eigenvalue weighted by Crippen LogP contribution is -2.38. The lowest BCUT2D eigenvalue weighted by atomic mass is 10.2. The third-order valence-corrected chi connectivity index (χ3v) is 11.1. The van der Waals surface area contributed by atoms with Crippen molar-refractivity contribution in [2.45, 2.75) is 63.9 Å². The molecule has 0 aliphatic carbocycles. The van der Waals surface area contributed by atoms with Gasteiger partial charge in [-0.3, -0.25) is 9.48 Å². The summed E-state index contributed by atoms with van der Waals surface area (Å²) in [6.45, 7) is 10.2. The molecule has 1 N–H and O–H groups in total. The molecule has 1 aliphatic rings. The van der Waals surface area contributed by atoms with E-state index in [9.17, 15) is 18.0 Å². The number of rotatable bonds is 10. The molecule has 0 atom stereocenters. The van der Waals surface area contributed by atoms with Crippen molar-refractivity contribution in [2.75, 3.05) is 13.2 Å². The largest absolute Gasteiger partial charge is 0.421 e. The highest BCUT2D eigenvalue weighted by Gasteiger charge is 2.32. The van der Waals surface area contributed by atoms with Gasteiger partial charge in [-0.1, -0.05) is 31.8 Å². The number of nitrogens with zero attached hydrogens (tertiary/aromatic N) is 5. The van der Waals surface area contributed by atoms with Crippen LogP contribution in [-0.4, -0.2) is 58.8 Å². The summed E-state index contributed by atoms with van der Waals surface area (Å²) in [5.74, 6) is -0.970. The van der Waals surface area contributed by atoms with E-state index in [1.54, 1.807) is 53.7 Å². The molecule has 5 rings (SSSR count). The zero-order valence-electron chi connectivity index (χ0n) is 24.0.